The van der Waals surface area contributed by atoms with Crippen LogP contribution in [-0.2, 0) is 38.2 Å². The minimum Gasteiger partial charge on any atom is -0.842 e. The van der Waals surface area contributed by atoms with E-state index in [0.29, 0.717) is 31.8 Å². The molecule has 224 valence electrons. The molecule has 2 N–H and O–H groups in total. The second-order valence-corrected chi connectivity index (χ2v) is 10.5. The summed E-state index contributed by atoms with van der Waals surface area (Å²) in [7, 11) is 1.73. The van der Waals surface area contributed by atoms with Gasteiger partial charge in [-0.25, -0.2) is 9.59 Å². The van der Waals surface area contributed by atoms with Crippen LogP contribution in [0, 0.1) is 11.8 Å². The van der Waals surface area contributed by atoms with Gasteiger partial charge in [-0.2, -0.15) is 0 Å². The average Bonchev–Trinajstić information content (AvgIpc) is 2.85. The summed E-state index contributed by atoms with van der Waals surface area (Å²) in [6, 6.07) is -1.41. The zero-order chi connectivity index (χ0) is 30.1. The summed E-state index contributed by atoms with van der Waals surface area (Å²) in [5.41, 5.74) is -0.0276. The summed E-state index contributed by atoms with van der Waals surface area (Å²) in [4.78, 5) is 60.8. The number of Topliss-reactive ketones (excluding diaryl/α,β-unsaturated/α-hetero) is 1. The molecular formula is C28H47N2NaO9. The van der Waals surface area contributed by atoms with Gasteiger partial charge in [0, 0.05) is 11.7 Å². The first kappa shape index (κ1) is 40.3. The summed E-state index contributed by atoms with van der Waals surface area (Å²) in [6.07, 6.45) is -0.412. The average molecular weight is 579 g/mol. The quantitative estimate of drug-likeness (QED) is 0.0579. The van der Waals surface area contributed by atoms with Crippen LogP contribution < -0.4 is 45.3 Å². The van der Waals surface area contributed by atoms with E-state index in [9.17, 15) is 29.1 Å². The Morgan fingerprint density at radius 2 is 1.25 bits per heavy atom. The first-order valence-electron chi connectivity index (χ1n) is 13.5. The van der Waals surface area contributed by atoms with Crippen LogP contribution in [-0.4, -0.2) is 74.2 Å². The maximum Gasteiger partial charge on any atom is 1.00 e. The summed E-state index contributed by atoms with van der Waals surface area (Å²) in [6.45, 7) is 13.9. The molecule has 0 aromatic carbocycles. The molecule has 0 aliphatic carbocycles. The second-order valence-electron chi connectivity index (χ2n) is 10.5. The number of likely N-dealkylation sites (N-methyl/N-ethyl adjacent to an activating group) is 1. The number of carbonyl (C=O) groups is 5. The molecule has 0 rings (SSSR count). The molecule has 0 aromatic heterocycles. The number of hydrogen-bond donors (Lipinski definition) is 2. The van der Waals surface area contributed by atoms with Gasteiger partial charge in [0.2, 0.25) is 5.91 Å². The summed E-state index contributed by atoms with van der Waals surface area (Å²) in [5.74, 6) is -3.50. The Hall–Kier alpha value is -1.79. The molecule has 0 saturated carbocycles. The maximum absolute atomic E-state index is 12.6. The van der Waals surface area contributed by atoms with Crippen LogP contribution in [0.4, 0.5) is 0 Å². The Bertz CT molecular complexity index is 833. The van der Waals surface area contributed by atoms with Crippen molar-refractivity contribution in [3.63, 3.8) is 0 Å². The second kappa shape index (κ2) is 21.9. The van der Waals surface area contributed by atoms with Crippen LogP contribution in [0.1, 0.15) is 80.1 Å². The van der Waals surface area contributed by atoms with Crippen LogP contribution in [0.25, 0.3) is 0 Å². The Labute approximate surface area is 260 Å². The number of amides is 1. The third kappa shape index (κ3) is 17.1. The Kier molecular flexibility index (Phi) is 22.1. The molecule has 0 heterocycles. The van der Waals surface area contributed by atoms with Crippen LogP contribution >= 0.6 is 0 Å². The molecule has 4 unspecified atom stereocenters. The normalized spacial score (nSPS) is 13.8. The third-order valence-electron chi connectivity index (χ3n) is 5.69. The van der Waals surface area contributed by atoms with Gasteiger partial charge < -0.3 is 30.0 Å². The van der Waals surface area contributed by atoms with Crippen molar-refractivity contribution in [2.45, 2.75) is 104 Å². The first-order valence-corrected chi connectivity index (χ1v) is 13.5. The van der Waals surface area contributed by atoms with E-state index >= 15 is 0 Å². The number of ether oxygens (including phenoxy) is 3. The van der Waals surface area contributed by atoms with Gasteiger partial charge in [0.1, 0.15) is 12.1 Å². The molecule has 0 radical (unpaired) electrons. The number of nitrogens with one attached hydrogen (secondary N) is 2. The minimum absolute atomic E-state index is 0. The smallest absolute Gasteiger partial charge is 0.842 e. The molecule has 0 saturated heterocycles. The van der Waals surface area contributed by atoms with E-state index < -0.39 is 41.9 Å². The van der Waals surface area contributed by atoms with E-state index in [-0.39, 0.29) is 66.1 Å². The van der Waals surface area contributed by atoms with Crippen molar-refractivity contribution in [2.24, 2.45) is 11.8 Å². The molecule has 0 fully saturated rings. The zero-order valence-electron chi connectivity index (χ0n) is 25.5. The van der Waals surface area contributed by atoms with Crippen LogP contribution in [0.15, 0.2) is 12.2 Å². The van der Waals surface area contributed by atoms with Gasteiger partial charge in [-0.1, -0.05) is 34.3 Å². The molecule has 0 spiro atoms. The van der Waals surface area contributed by atoms with Gasteiger partial charge in [-0.3, -0.25) is 14.4 Å². The fraction of sp³-hybridized carbons (Fsp3) is 0.750. The van der Waals surface area contributed by atoms with Crippen molar-refractivity contribution in [1.82, 2.24) is 10.6 Å². The molecule has 1 amide bonds. The monoisotopic (exact) mass is 578 g/mol. The molecule has 11 nitrogen and oxygen atoms in total. The topological polar surface area (TPSA) is 160 Å². The number of esters is 3. The van der Waals surface area contributed by atoms with Gasteiger partial charge in [-0.15, -0.1) is 0 Å². The maximum atomic E-state index is 12.6. The Balaban J connectivity index is 0. The van der Waals surface area contributed by atoms with E-state index in [1.165, 1.54) is 6.92 Å². The van der Waals surface area contributed by atoms with E-state index in [1.807, 2.05) is 27.7 Å². The molecule has 12 heteroatoms. The standard InChI is InChI=1S/C28H47N2O9.Na/c1-17(2)15-21(29-8)27(35)37-13-11-9-10-12-14-38-28(36)22(16-18(3)4)30-25(33)23(32)24(20(7)31)39-26(34)19(5)6;/h17-18,21-24,29H,5,9-16H2,1-4,6-8H3,(H,30,33);/q-1;+1. The summed E-state index contributed by atoms with van der Waals surface area (Å²) < 4.78 is 15.5. The van der Waals surface area contributed by atoms with Crippen molar-refractivity contribution in [2.75, 3.05) is 20.3 Å². The van der Waals surface area contributed by atoms with Crippen molar-refractivity contribution < 1.29 is 72.8 Å². The minimum atomic E-state index is -2.25. The zero-order valence-corrected chi connectivity index (χ0v) is 27.5. The number of hydrogen-bond acceptors (Lipinski definition) is 10. The molecule has 4 atom stereocenters. The third-order valence-corrected chi connectivity index (χ3v) is 5.69. The summed E-state index contributed by atoms with van der Waals surface area (Å²) >= 11 is 0. The van der Waals surface area contributed by atoms with Gasteiger partial charge >= 0.3 is 47.5 Å². The van der Waals surface area contributed by atoms with Crippen molar-refractivity contribution in [3.05, 3.63) is 12.2 Å². The Morgan fingerprint density at radius 3 is 1.65 bits per heavy atom. The van der Waals surface area contributed by atoms with E-state index in [4.69, 9.17) is 14.2 Å². The summed E-state index contributed by atoms with van der Waals surface area (Å²) in [5, 5.41) is 17.9. The van der Waals surface area contributed by atoms with Gasteiger partial charge in [0.25, 0.3) is 0 Å². The van der Waals surface area contributed by atoms with E-state index in [0.717, 1.165) is 19.8 Å². The van der Waals surface area contributed by atoms with Gasteiger partial charge in [0.05, 0.1) is 13.2 Å². The predicted molar refractivity (Wildman–Crippen MR) is 143 cm³/mol. The fourth-order valence-electron chi connectivity index (χ4n) is 3.56. The molecule has 40 heavy (non-hydrogen) atoms. The molecule has 0 aliphatic rings. The van der Waals surface area contributed by atoms with Gasteiger partial charge in [-0.05, 0) is 71.3 Å². The van der Waals surface area contributed by atoms with Crippen LogP contribution in [0.3, 0.4) is 0 Å². The predicted octanol–water partition coefficient (Wildman–Crippen LogP) is -1.39. The van der Waals surface area contributed by atoms with Gasteiger partial charge in [0.15, 0.2) is 11.9 Å². The van der Waals surface area contributed by atoms with Crippen molar-refractivity contribution >= 4 is 29.6 Å². The largest absolute Gasteiger partial charge is 1.00 e. The van der Waals surface area contributed by atoms with Crippen molar-refractivity contribution in [3.8, 4) is 0 Å². The number of rotatable bonds is 20. The number of unbranched alkanes of at least 4 members (excludes halogenated alkanes) is 3. The van der Waals surface area contributed by atoms with Crippen LogP contribution in [0.5, 0.6) is 0 Å². The van der Waals surface area contributed by atoms with Crippen LogP contribution in [0.2, 0.25) is 0 Å². The molecule has 0 bridgehead atoms. The van der Waals surface area contributed by atoms with E-state index in [1.54, 1.807) is 7.05 Å². The first-order chi connectivity index (χ1) is 18.2. The molecule has 0 aromatic rings. The molecule has 0 aliphatic heterocycles. The fourth-order valence-corrected chi connectivity index (χ4v) is 3.56. The Morgan fingerprint density at radius 1 is 0.800 bits per heavy atom. The van der Waals surface area contributed by atoms with Crippen molar-refractivity contribution in [1.29, 1.82) is 0 Å². The number of ketones is 1. The SMILES string of the molecule is C=C(C)C(=O)OC(C(C)=O)C([O-])C(=O)NC(CC(C)C)C(=O)OCCCCCCOC(=O)C(CC(C)C)NC.[Na+]. The van der Waals surface area contributed by atoms with E-state index in [2.05, 4.69) is 17.2 Å². The molecular weight excluding hydrogens is 531 g/mol. The number of carbonyl (C=O) groups excluding carboxylic acids is 5.